The second kappa shape index (κ2) is 4.78. The van der Waals surface area contributed by atoms with Gasteiger partial charge in [0, 0.05) is 6.26 Å². The molecule has 0 aliphatic rings. The molecule has 0 fully saturated rings. The monoisotopic (exact) mass is 282 g/mol. The molecule has 1 aromatic heterocycles. The molecular weight excluding hydrogens is 268 g/mol. The lowest BCUT2D eigenvalue weighted by atomic mass is 10.2. The Morgan fingerprint density at radius 2 is 1.78 bits per heavy atom. The maximum absolute atomic E-state index is 12.5. The summed E-state index contributed by atoms with van der Waals surface area (Å²) in [6, 6.07) is 8.42. The van der Waals surface area contributed by atoms with Gasteiger partial charge in [0.15, 0.2) is 5.03 Å². The predicted molar refractivity (Wildman–Crippen MR) is 72.5 cm³/mol. The lowest BCUT2D eigenvalue weighted by molar-refractivity contribution is 0.590. The van der Waals surface area contributed by atoms with Crippen LogP contribution in [0.15, 0.2) is 40.3 Å². The van der Waals surface area contributed by atoms with E-state index >= 15 is 0 Å². The highest BCUT2D eigenvalue weighted by Gasteiger charge is 2.23. The standard InChI is InChI=1S/C12H14N2O2S2/c1-9-4-6-11(7-5-9)18(15,16)12-8-10(2)13-14(12)17-3/h4-8H,1-3H3. The normalized spacial score (nSPS) is 11.7. The fourth-order valence-electron chi connectivity index (χ4n) is 1.60. The zero-order valence-corrected chi connectivity index (χ0v) is 12.0. The van der Waals surface area contributed by atoms with Gasteiger partial charge in [-0.1, -0.05) is 17.7 Å². The highest BCUT2D eigenvalue weighted by molar-refractivity contribution is 7.98. The van der Waals surface area contributed by atoms with E-state index in [9.17, 15) is 8.42 Å². The number of sulfone groups is 1. The molecule has 96 valence electrons. The molecule has 0 saturated heterocycles. The fourth-order valence-corrected chi connectivity index (χ4v) is 3.87. The number of benzene rings is 1. The summed E-state index contributed by atoms with van der Waals surface area (Å²) < 4.78 is 26.4. The second-order valence-corrected chi connectivity index (χ2v) is 6.60. The molecule has 4 nitrogen and oxygen atoms in total. The third-order valence-corrected chi connectivity index (χ3v) is 5.02. The Morgan fingerprint density at radius 1 is 1.17 bits per heavy atom. The van der Waals surface area contributed by atoms with Gasteiger partial charge in [-0.2, -0.15) is 9.19 Å². The van der Waals surface area contributed by atoms with Gasteiger partial charge in [0.1, 0.15) is 0 Å². The van der Waals surface area contributed by atoms with E-state index in [1.165, 1.54) is 16.0 Å². The van der Waals surface area contributed by atoms with Crippen molar-refractivity contribution in [2.24, 2.45) is 0 Å². The Bertz CT molecular complexity index is 658. The smallest absolute Gasteiger partial charge is 0.217 e. The molecule has 1 aromatic carbocycles. The average Bonchev–Trinajstić information content (AvgIpc) is 2.72. The Balaban J connectivity index is 2.57. The van der Waals surface area contributed by atoms with Crippen LogP contribution in [0.3, 0.4) is 0 Å². The summed E-state index contributed by atoms with van der Waals surface area (Å²) in [5, 5.41) is 4.36. The molecule has 0 aliphatic heterocycles. The number of aryl methyl sites for hydroxylation is 2. The van der Waals surface area contributed by atoms with Crippen molar-refractivity contribution in [2.75, 3.05) is 6.26 Å². The van der Waals surface area contributed by atoms with E-state index in [2.05, 4.69) is 5.10 Å². The van der Waals surface area contributed by atoms with Gasteiger partial charge in [-0.25, -0.2) is 8.42 Å². The van der Waals surface area contributed by atoms with Crippen LogP contribution in [0.25, 0.3) is 0 Å². The molecular formula is C12H14N2O2S2. The predicted octanol–water partition coefficient (Wildman–Crippen LogP) is 2.46. The van der Waals surface area contributed by atoms with Crippen molar-refractivity contribution in [3.05, 3.63) is 41.6 Å². The van der Waals surface area contributed by atoms with Gasteiger partial charge >= 0.3 is 0 Å². The van der Waals surface area contributed by atoms with Crippen LogP contribution in [-0.2, 0) is 9.84 Å². The zero-order chi connectivity index (χ0) is 13.3. The molecule has 0 N–H and O–H groups in total. The molecule has 6 heteroatoms. The van der Waals surface area contributed by atoms with Crippen molar-refractivity contribution in [2.45, 2.75) is 23.8 Å². The highest BCUT2D eigenvalue weighted by Crippen LogP contribution is 2.24. The molecule has 0 unspecified atom stereocenters. The SMILES string of the molecule is CSn1nc(C)cc1S(=O)(=O)c1ccc(C)cc1. The third-order valence-electron chi connectivity index (χ3n) is 2.55. The lowest BCUT2D eigenvalue weighted by Crippen LogP contribution is -2.07. The van der Waals surface area contributed by atoms with E-state index in [1.807, 2.05) is 6.92 Å². The largest absolute Gasteiger partial charge is 0.224 e. The van der Waals surface area contributed by atoms with Gasteiger partial charge in [-0.15, -0.1) is 0 Å². The van der Waals surface area contributed by atoms with Crippen LogP contribution >= 0.6 is 11.9 Å². The second-order valence-electron chi connectivity index (χ2n) is 4.00. The van der Waals surface area contributed by atoms with Gasteiger partial charge in [0.25, 0.3) is 0 Å². The minimum Gasteiger partial charge on any atom is -0.217 e. The van der Waals surface area contributed by atoms with Gasteiger partial charge < -0.3 is 0 Å². The van der Waals surface area contributed by atoms with E-state index < -0.39 is 9.84 Å². The van der Waals surface area contributed by atoms with Crippen LogP contribution in [0.1, 0.15) is 11.3 Å². The molecule has 1 heterocycles. The molecule has 0 saturated carbocycles. The summed E-state index contributed by atoms with van der Waals surface area (Å²) in [4.78, 5) is 0.295. The molecule has 18 heavy (non-hydrogen) atoms. The molecule has 0 spiro atoms. The first kappa shape index (κ1) is 13.2. The van der Waals surface area contributed by atoms with Crippen LogP contribution < -0.4 is 0 Å². The molecule has 0 aliphatic carbocycles. The minimum atomic E-state index is -3.50. The lowest BCUT2D eigenvalue weighted by Gasteiger charge is -2.05. The average molecular weight is 282 g/mol. The van der Waals surface area contributed by atoms with E-state index in [4.69, 9.17) is 0 Å². The van der Waals surface area contributed by atoms with Crippen molar-refractivity contribution in [3.8, 4) is 0 Å². The summed E-state index contributed by atoms with van der Waals surface area (Å²) in [6.45, 7) is 3.70. The van der Waals surface area contributed by atoms with Crippen LogP contribution in [0.4, 0.5) is 0 Å². The Morgan fingerprint density at radius 3 is 2.33 bits per heavy atom. The van der Waals surface area contributed by atoms with Crippen LogP contribution in [0.5, 0.6) is 0 Å². The van der Waals surface area contributed by atoms with Crippen molar-refractivity contribution >= 4 is 21.8 Å². The maximum Gasteiger partial charge on any atom is 0.224 e. The number of rotatable bonds is 3. The van der Waals surface area contributed by atoms with Crippen LogP contribution in [-0.4, -0.2) is 23.9 Å². The summed E-state index contributed by atoms with van der Waals surface area (Å²) in [5.41, 5.74) is 1.72. The highest BCUT2D eigenvalue weighted by atomic mass is 32.2. The van der Waals surface area contributed by atoms with Gasteiger partial charge in [-0.05, 0) is 44.0 Å². The summed E-state index contributed by atoms with van der Waals surface area (Å²) in [7, 11) is -3.50. The molecule has 0 radical (unpaired) electrons. The summed E-state index contributed by atoms with van der Waals surface area (Å²) in [5.74, 6) is 0. The first-order valence-corrected chi connectivity index (χ1v) is 8.04. The van der Waals surface area contributed by atoms with Crippen molar-refractivity contribution in [3.63, 3.8) is 0 Å². The van der Waals surface area contributed by atoms with E-state index in [1.54, 1.807) is 43.5 Å². The Hall–Kier alpha value is -1.27. The first-order valence-electron chi connectivity index (χ1n) is 5.38. The third kappa shape index (κ3) is 2.30. The maximum atomic E-state index is 12.5. The van der Waals surface area contributed by atoms with E-state index in [0.29, 0.717) is 10.6 Å². The molecule has 2 rings (SSSR count). The number of nitrogens with zero attached hydrogens (tertiary/aromatic N) is 2. The summed E-state index contributed by atoms with van der Waals surface area (Å²) in [6.07, 6.45) is 1.79. The van der Waals surface area contributed by atoms with Gasteiger partial charge in [0.2, 0.25) is 9.84 Å². The number of hydrogen-bond donors (Lipinski definition) is 0. The summed E-state index contributed by atoms with van der Waals surface area (Å²) >= 11 is 1.27. The van der Waals surface area contributed by atoms with E-state index in [0.717, 1.165) is 5.56 Å². The molecule has 0 bridgehead atoms. The number of aromatic nitrogens is 2. The van der Waals surface area contributed by atoms with E-state index in [-0.39, 0.29) is 5.03 Å². The zero-order valence-electron chi connectivity index (χ0n) is 10.4. The first-order chi connectivity index (χ1) is 8.45. The molecule has 0 atom stereocenters. The topological polar surface area (TPSA) is 52.0 Å². The van der Waals surface area contributed by atoms with Crippen LogP contribution in [0.2, 0.25) is 0 Å². The Labute approximate surface area is 111 Å². The van der Waals surface area contributed by atoms with Gasteiger partial charge in [-0.3, -0.25) is 0 Å². The fraction of sp³-hybridized carbons (Fsp3) is 0.250. The van der Waals surface area contributed by atoms with Crippen molar-refractivity contribution < 1.29 is 8.42 Å². The Kier molecular flexibility index (Phi) is 3.49. The van der Waals surface area contributed by atoms with Gasteiger partial charge in [0.05, 0.1) is 10.6 Å². The number of hydrogen-bond acceptors (Lipinski definition) is 4. The van der Waals surface area contributed by atoms with Crippen molar-refractivity contribution in [1.29, 1.82) is 0 Å². The molecule has 2 aromatic rings. The minimum absolute atomic E-state index is 0.219. The molecule has 0 amide bonds. The van der Waals surface area contributed by atoms with Crippen molar-refractivity contribution in [1.82, 2.24) is 9.19 Å². The van der Waals surface area contributed by atoms with Crippen LogP contribution in [0, 0.1) is 13.8 Å². The quantitative estimate of drug-likeness (QED) is 0.867.